The second kappa shape index (κ2) is 4.14. The molecule has 0 unspecified atom stereocenters. The largest absolute Gasteiger partial charge is 0.222 e. The summed E-state index contributed by atoms with van der Waals surface area (Å²) in [5.74, 6) is 1.28. The average Bonchev–Trinajstić information content (AvgIpc) is 2.65. The van der Waals surface area contributed by atoms with E-state index in [1.807, 2.05) is 28.9 Å². The van der Waals surface area contributed by atoms with Crippen molar-refractivity contribution < 1.29 is 0 Å². The molecule has 0 aliphatic heterocycles. The standard InChI is InChI=1S/C11H12BrN3/c1-8(2)9-6-7-13-15(9)11-5-3-4-10(12)14-11/h3-8H,1-2H3. The molecule has 15 heavy (non-hydrogen) atoms. The fourth-order valence-corrected chi connectivity index (χ4v) is 1.79. The van der Waals surface area contributed by atoms with Crippen molar-refractivity contribution in [1.29, 1.82) is 0 Å². The zero-order valence-electron chi connectivity index (χ0n) is 8.68. The summed E-state index contributed by atoms with van der Waals surface area (Å²) in [6, 6.07) is 7.83. The van der Waals surface area contributed by atoms with Gasteiger partial charge in [-0.2, -0.15) is 5.10 Å². The van der Waals surface area contributed by atoms with Gasteiger partial charge in [0, 0.05) is 11.9 Å². The summed E-state index contributed by atoms with van der Waals surface area (Å²) in [6.45, 7) is 4.29. The maximum atomic E-state index is 4.38. The minimum Gasteiger partial charge on any atom is -0.222 e. The molecule has 0 aromatic carbocycles. The molecule has 4 heteroatoms. The zero-order valence-corrected chi connectivity index (χ0v) is 10.3. The number of nitrogens with zero attached hydrogens (tertiary/aromatic N) is 3. The molecule has 2 aromatic rings. The van der Waals surface area contributed by atoms with Crippen LogP contribution in [0.25, 0.3) is 5.82 Å². The molecule has 2 heterocycles. The predicted octanol–water partition coefficient (Wildman–Crippen LogP) is 3.15. The van der Waals surface area contributed by atoms with E-state index in [2.05, 4.69) is 39.9 Å². The van der Waals surface area contributed by atoms with Crippen LogP contribution in [0.15, 0.2) is 35.1 Å². The molecule has 3 nitrogen and oxygen atoms in total. The SMILES string of the molecule is CC(C)c1ccnn1-c1cccc(Br)n1. The highest BCUT2D eigenvalue weighted by molar-refractivity contribution is 9.10. The lowest BCUT2D eigenvalue weighted by molar-refractivity contribution is 0.720. The number of rotatable bonds is 2. The first kappa shape index (κ1) is 10.4. The van der Waals surface area contributed by atoms with Crippen molar-refractivity contribution in [1.82, 2.24) is 14.8 Å². The molecule has 0 saturated heterocycles. The van der Waals surface area contributed by atoms with Crippen LogP contribution in [-0.4, -0.2) is 14.8 Å². The molecule has 78 valence electrons. The van der Waals surface area contributed by atoms with Crippen LogP contribution in [0.2, 0.25) is 0 Å². The van der Waals surface area contributed by atoms with E-state index in [1.165, 1.54) is 5.69 Å². The molecule has 0 aliphatic carbocycles. The Labute approximate surface area is 97.3 Å². The lowest BCUT2D eigenvalue weighted by atomic mass is 10.1. The molecule has 0 radical (unpaired) electrons. The molecule has 0 bridgehead atoms. The highest BCUT2D eigenvalue weighted by Crippen LogP contribution is 2.18. The molecule has 0 fully saturated rings. The number of hydrogen-bond acceptors (Lipinski definition) is 2. The third kappa shape index (κ3) is 2.09. The van der Waals surface area contributed by atoms with Gasteiger partial charge in [-0.15, -0.1) is 0 Å². The van der Waals surface area contributed by atoms with Crippen LogP contribution < -0.4 is 0 Å². The van der Waals surface area contributed by atoms with E-state index < -0.39 is 0 Å². The highest BCUT2D eigenvalue weighted by Gasteiger charge is 2.09. The predicted molar refractivity (Wildman–Crippen MR) is 63.1 cm³/mol. The molecule has 0 amide bonds. The summed E-state index contributed by atoms with van der Waals surface area (Å²) in [4.78, 5) is 4.38. The molecular formula is C11H12BrN3. The first-order valence-electron chi connectivity index (χ1n) is 4.85. The minimum absolute atomic E-state index is 0.438. The normalized spacial score (nSPS) is 10.9. The molecule has 0 spiro atoms. The summed E-state index contributed by atoms with van der Waals surface area (Å²) in [6.07, 6.45) is 1.80. The van der Waals surface area contributed by atoms with Crippen LogP contribution in [-0.2, 0) is 0 Å². The van der Waals surface area contributed by atoms with Gasteiger partial charge in [0.1, 0.15) is 4.60 Å². The lowest BCUT2D eigenvalue weighted by Crippen LogP contribution is -2.05. The quantitative estimate of drug-likeness (QED) is 0.782. The van der Waals surface area contributed by atoms with Crippen LogP contribution in [0.4, 0.5) is 0 Å². The number of hydrogen-bond donors (Lipinski definition) is 0. The fourth-order valence-electron chi connectivity index (χ4n) is 1.46. The summed E-state index contributed by atoms with van der Waals surface area (Å²) in [5, 5.41) is 4.28. The van der Waals surface area contributed by atoms with Gasteiger partial charge in [-0.1, -0.05) is 19.9 Å². The zero-order chi connectivity index (χ0) is 10.8. The van der Waals surface area contributed by atoms with Gasteiger partial charge in [-0.05, 0) is 40.0 Å². The third-order valence-electron chi connectivity index (χ3n) is 2.18. The van der Waals surface area contributed by atoms with Crippen LogP contribution in [0.3, 0.4) is 0 Å². The van der Waals surface area contributed by atoms with Gasteiger partial charge in [0.05, 0.1) is 0 Å². The van der Waals surface area contributed by atoms with E-state index in [0.29, 0.717) is 5.92 Å². The Bertz CT molecular complexity index is 462. The van der Waals surface area contributed by atoms with Gasteiger partial charge < -0.3 is 0 Å². The number of pyridine rings is 1. The number of aromatic nitrogens is 3. The van der Waals surface area contributed by atoms with Crippen molar-refractivity contribution in [3.8, 4) is 5.82 Å². The molecule has 0 N–H and O–H groups in total. The molecule has 0 aliphatic rings. The second-order valence-electron chi connectivity index (χ2n) is 3.64. The first-order chi connectivity index (χ1) is 7.18. The maximum absolute atomic E-state index is 4.38. The Morgan fingerprint density at radius 1 is 1.27 bits per heavy atom. The number of halogens is 1. The molecular weight excluding hydrogens is 254 g/mol. The molecule has 2 aromatic heterocycles. The fraction of sp³-hybridized carbons (Fsp3) is 0.273. The molecule has 0 saturated carbocycles. The minimum atomic E-state index is 0.438. The van der Waals surface area contributed by atoms with Gasteiger partial charge >= 0.3 is 0 Å². The Morgan fingerprint density at radius 3 is 2.73 bits per heavy atom. The van der Waals surface area contributed by atoms with E-state index in [0.717, 1.165) is 10.4 Å². The van der Waals surface area contributed by atoms with Crippen LogP contribution >= 0.6 is 15.9 Å². The summed E-state index contributed by atoms with van der Waals surface area (Å²) in [5.41, 5.74) is 1.17. The van der Waals surface area contributed by atoms with Gasteiger partial charge in [-0.25, -0.2) is 9.67 Å². The van der Waals surface area contributed by atoms with E-state index >= 15 is 0 Å². The van der Waals surface area contributed by atoms with Gasteiger partial charge in [0.2, 0.25) is 0 Å². The van der Waals surface area contributed by atoms with Crippen molar-refractivity contribution in [2.24, 2.45) is 0 Å². The van der Waals surface area contributed by atoms with Crippen LogP contribution in [0.1, 0.15) is 25.5 Å². The summed E-state index contributed by atoms with van der Waals surface area (Å²) < 4.78 is 2.69. The van der Waals surface area contributed by atoms with Crippen LogP contribution in [0, 0.1) is 0 Å². The Morgan fingerprint density at radius 2 is 2.07 bits per heavy atom. The van der Waals surface area contributed by atoms with Crippen molar-refractivity contribution in [3.63, 3.8) is 0 Å². The van der Waals surface area contributed by atoms with Gasteiger partial charge in [0.25, 0.3) is 0 Å². The van der Waals surface area contributed by atoms with Gasteiger partial charge in [0.15, 0.2) is 5.82 Å². The Balaban J connectivity index is 2.49. The average molecular weight is 266 g/mol. The van der Waals surface area contributed by atoms with E-state index in [4.69, 9.17) is 0 Å². The molecule has 0 atom stereocenters. The van der Waals surface area contributed by atoms with Crippen molar-refractivity contribution in [2.45, 2.75) is 19.8 Å². The van der Waals surface area contributed by atoms with E-state index in [9.17, 15) is 0 Å². The van der Waals surface area contributed by atoms with E-state index in [-0.39, 0.29) is 0 Å². The van der Waals surface area contributed by atoms with Gasteiger partial charge in [-0.3, -0.25) is 0 Å². The van der Waals surface area contributed by atoms with Crippen molar-refractivity contribution in [3.05, 3.63) is 40.8 Å². The molecule has 2 rings (SSSR count). The maximum Gasteiger partial charge on any atom is 0.154 e. The summed E-state index contributed by atoms with van der Waals surface area (Å²) in [7, 11) is 0. The smallest absolute Gasteiger partial charge is 0.154 e. The first-order valence-corrected chi connectivity index (χ1v) is 5.64. The Hall–Kier alpha value is -1.16. The lowest BCUT2D eigenvalue weighted by Gasteiger charge is -2.09. The highest BCUT2D eigenvalue weighted by atomic mass is 79.9. The monoisotopic (exact) mass is 265 g/mol. The third-order valence-corrected chi connectivity index (χ3v) is 2.62. The Kier molecular flexibility index (Phi) is 2.86. The summed E-state index contributed by atoms with van der Waals surface area (Å²) >= 11 is 3.36. The second-order valence-corrected chi connectivity index (χ2v) is 4.45. The topological polar surface area (TPSA) is 30.7 Å². The van der Waals surface area contributed by atoms with Crippen molar-refractivity contribution in [2.75, 3.05) is 0 Å². The van der Waals surface area contributed by atoms with E-state index in [1.54, 1.807) is 6.20 Å². The van der Waals surface area contributed by atoms with Crippen LogP contribution in [0.5, 0.6) is 0 Å². The van der Waals surface area contributed by atoms with Crippen molar-refractivity contribution >= 4 is 15.9 Å².